The molecule has 0 spiro atoms. The summed E-state index contributed by atoms with van der Waals surface area (Å²) in [4.78, 5) is 69.1. The van der Waals surface area contributed by atoms with E-state index in [0.29, 0.717) is 49.0 Å². The van der Waals surface area contributed by atoms with Gasteiger partial charge in [-0.2, -0.15) is 0 Å². The monoisotopic (exact) mass is 878 g/mol. The standard InChI is InChI=1S/C43H50F4N10O6/c1-22(2)37(54-42(61)62-6)41(60)57-19-23(3)13-34(57)38-51-18-33(52-38)27-9-7-26(8-10-27)29-14-30(44)32(15-35(29)63-43(45,46)47)53-39(58)28-11-12-36(50-17-28)55-20-25(5)56(21-24(55)4)40(59)31(49)16-48/h7-12,14-18,22-25,34,37H,13,19-21,48-49H2,1-6H3,(H,51,52)(H,53,58)(H,54,61)/b31-16-/t23-,24+,25-,34-,37-/m0/s1. The molecule has 0 unspecified atom stereocenters. The Hall–Kier alpha value is -6.86. The second-order valence-electron chi connectivity index (χ2n) is 16.1. The van der Waals surface area contributed by atoms with Gasteiger partial charge in [-0.15, -0.1) is 13.2 Å². The van der Waals surface area contributed by atoms with Gasteiger partial charge in [0.25, 0.3) is 11.8 Å². The number of alkyl halides is 3. The number of nitrogens with one attached hydrogen (secondary N) is 3. The molecule has 336 valence electrons. The lowest BCUT2D eigenvalue weighted by Crippen LogP contribution is -2.59. The fourth-order valence-corrected chi connectivity index (χ4v) is 7.84. The molecule has 2 aliphatic rings. The van der Waals surface area contributed by atoms with Crippen LogP contribution in [0.25, 0.3) is 22.4 Å². The molecule has 4 amide bonds. The molecule has 2 aliphatic heterocycles. The van der Waals surface area contributed by atoms with E-state index in [1.807, 2.05) is 39.5 Å². The second-order valence-corrected chi connectivity index (χ2v) is 16.1. The van der Waals surface area contributed by atoms with E-state index in [-0.39, 0.29) is 58.1 Å². The first-order valence-corrected chi connectivity index (χ1v) is 20.2. The lowest BCUT2D eigenvalue weighted by molar-refractivity contribution is -0.274. The molecule has 0 saturated carbocycles. The second kappa shape index (κ2) is 18.6. The van der Waals surface area contributed by atoms with E-state index in [9.17, 15) is 32.3 Å². The van der Waals surface area contributed by atoms with Gasteiger partial charge in [-0.3, -0.25) is 14.4 Å². The van der Waals surface area contributed by atoms with Crippen molar-refractivity contribution in [3.05, 3.63) is 90.0 Å². The van der Waals surface area contributed by atoms with Gasteiger partial charge in [0, 0.05) is 67.5 Å². The summed E-state index contributed by atoms with van der Waals surface area (Å²) in [5.41, 5.74) is 11.5. The number of hydrogen-bond donors (Lipinski definition) is 5. The molecule has 63 heavy (non-hydrogen) atoms. The Kier molecular flexibility index (Phi) is 13.5. The van der Waals surface area contributed by atoms with Crippen LogP contribution in [0.1, 0.15) is 63.3 Å². The summed E-state index contributed by atoms with van der Waals surface area (Å²) < 4.78 is 65.9. The molecule has 20 heteroatoms. The SMILES string of the molecule is COC(=O)N[C@H](C(=O)N1C[C@@H](C)C[C@H]1c1nc(-c2ccc(-c3cc(F)c(NC(=O)c4ccc(N5C[C@H](C)N(C(=O)/C(N)=C/N)C[C@H]5C)nc4)cc3OC(F)(F)F)cc2)c[nH]1)C(C)C. The van der Waals surface area contributed by atoms with Crippen LogP contribution in [0, 0.1) is 17.7 Å². The molecule has 16 nitrogen and oxygen atoms in total. The quantitative estimate of drug-likeness (QED) is 0.0883. The van der Waals surface area contributed by atoms with Crippen LogP contribution in [0.4, 0.5) is 33.9 Å². The van der Waals surface area contributed by atoms with Crippen molar-refractivity contribution in [3.8, 4) is 28.1 Å². The molecule has 2 fully saturated rings. The Balaban J connectivity index is 1.17. The van der Waals surface area contributed by atoms with Crippen molar-refractivity contribution < 1.29 is 46.2 Å². The molecule has 0 aliphatic carbocycles. The van der Waals surface area contributed by atoms with Crippen LogP contribution in [0.15, 0.2) is 72.8 Å². The summed E-state index contributed by atoms with van der Waals surface area (Å²) >= 11 is 0. The average Bonchev–Trinajstić information content (AvgIpc) is 3.90. The van der Waals surface area contributed by atoms with Crippen LogP contribution in [0.2, 0.25) is 0 Å². The number of rotatable bonds is 11. The van der Waals surface area contributed by atoms with Crippen molar-refractivity contribution in [2.45, 2.75) is 71.6 Å². The topological polar surface area (TPSA) is 214 Å². The molecule has 4 heterocycles. The van der Waals surface area contributed by atoms with Crippen molar-refractivity contribution >= 4 is 35.3 Å². The van der Waals surface area contributed by atoms with E-state index < -0.39 is 47.7 Å². The van der Waals surface area contributed by atoms with Gasteiger partial charge < -0.3 is 51.3 Å². The molecular formula is C43H50F4N10O6. The maximum atomic E-state index is 15.7. The number of methoxy groups -OCH3 is 1. The van der Waals surface area contributed by atoms with Crippen molar-refractivity contribution in [1.82, 2.24) is 30.1 Å². The number of H-pyrrole nitrogens is 1. The summed E-state index contributed by atoms with van der Waals surface area (Å²) in [5.74, 6) is -2.33. The zero-order valence-electron chi connectivity index (χ0n) is 35.5. The van der Waals surface area contributed by atoms with Gasteiger partial charge in [-0.1, -0.05) is 45.0 Å². The Morgan fingerprint density at radius 3 is 2.29 bits per heavy atom. The third kappa shape index (κ3) is 10.3. The van der Waals surface area contributed by atoms with Crippen LogP contribution in [0.5, 0.6) is 5.75 Å². The summed E-state index contributed by atoms with van der Waals surface area (Å²) in [7, 11) is 1.22. The number of hydrogen-bond acceptors (Lipinski definition) is 11. The van der Waals surface area contributed by atoms with E-state index in [2.05, 4.69) is 25.3 Å². The highest BCUT2D eigenvalue weighted by Gasteiger charge is 2.40. The molecule has 7 N–H and O–H groups in total. The number of carbonyl (C=O) groups is 4. The van der Waals surface area contributed by atoms with Gasteiger partial charge in [-0.05, 0) is 55.9 Å². The molecule has 0 bridgehead atoms. The number of alkyl carbamates (subject to hydrolysis) is 1. The Labute approximate surface area is 361 Å². The highest BCUT2D eigenvalue weighted by atomic mass is 19.4. The third-order valence-electron chi connectivity index (χ3n) is 11.1. The summed E-state index contributed by atoms with van der Waals surface area (Å²) in [6.45, 7) is 10.6. The maximum absolute atomic E-state index is 15.7. The van der Waals surface area contributed by atoms with Gasteiger partial charge in [0.05, 0.1) is 30.1 Å². The normalized spacial score (nSPS) is 19.8. The number of imidazole rings is 1. The highest BCUT2D eigenvalue weighted by Crippen LogP contribution is 2.40. The Morgan fingerprint density at radius 2 is 1.67 bits per heavy atom. The van der Waals surface area contributed by atoms with E-state index in [1.165, 1.54) is 31.5 Å². The molecule has 5 atom stereocenters. The first-order chi connectivity index (χ1) is 29.8. The zero-order valence-corrected chi connectivity index (χ0v) is 35.5. The van der Waals surface area contributed by atoms with Gasteiger partial charge in [0.2, 0.25) is 5.91 Å². The number of aromatic nitrogens is 3. The number of nitrogens with zero attached hydrogens (tertiary/aromatic N) is 5. The van der Waals surface area contributed by atoms with Crippen LogP contribution in [-0.2, 0) is 14.3 Å². The van der Waals surface area contributed by atoms with E-state index in [1.54, 1.807) is 34.2 Å². The predicted molar refractivity (Wildman–Crippen MR) is 225 cm³/mol. The molecule has 0 radical (unpaired) electrons. The summed E-state index contributed by atoms with van der Waals surface area (Å²) in [6.07, 6.45) is -1.30. The largest absolute Gasteiger partial charge is 0.573 e. The van der Waals surface area contributed by atoms with E-state index in [4.69, 9.17) is 21.2 Å². The number of piperazine rings is 1. The minimum Gasteiger partial charge on any atom is -0.453 e. The smallest absolute Gasteiger partial charge is 0.453 e. The van der Waals surface area contributed by atoms with Crippen molar-refractivity contribution in [2.75, 3.05) is 37.0 Å². The van der Waals surface area contributed by atoms with Crippen molar-refractivity contribution in [1.29, 1.82) is 0 Å². The lowest BCUT2D eigenvalue weighted by Gasteiger charge is -2.44. The van der Waals surface area contributed by atoms with E-state index in [0.717, 1.165) is 18.3 Å². The Bertz CT molecular complexity index is 2350. The van der Waals surface area contributed by atoms with Crippen LogP contribution >= 0.6 is 0 Å². The number of amides is 4. The average molecular weight is 879 g/mol. The number of benzene rings is 2. The molecule has 4 aromatic rings. The predicted octanol–water partition coefficient (Wildman–Crippen LogP) is 5.90. The van der Waals surface area contributed by atoms with Gasteiger partial charge in [0.1, 0.15) is 34.9 Å². The fourth-order valence-electron chi connectivity index (χ4n) is 7.84. The molecule has 2 saturated heterocycles. The number of aromatic amines is 1. The molecule has 6 rings (SSSR count). The van der Waals surface area contributed by atoms with Crippen LogP contribution in [-0.4, -0.2) is 99.8 Å². The number of pyridine rings is 1. The van der Waals surface area contributed by atoms with Gasteiger partial charge in [-0.25, -0.2) is 19.2 Å². The lowest BCUT2D eigenvalue weighted by atomic mass is 10.0. The fraction of sp³-hybridized carbons (Fsp3) is 0.395. The maximum Gasteiger partial charge on any atom is 0.573 e. The van der Waals surface area contributed by atoms with Crippen LogP contribution in [0.3, 0.4) is 0 Å². The summed E-state index contributed by atoms with van der Waals surface area (Å²) in [5, 5.41) is 4.95. The van der Waals surface area contributed by atoms with Crippen LogP contribution < -0.4 is 31.7 Å². The minimum absolute atomic E-state index is 0.00470. The first kappa shape index (κ1) is 45.7. The van der Waals surface area contributed by atoms with Crippen molar-refractivity contribution in [3.63, 3.8) is 0 Å². The highest BCUT2D eigenvalue weighted by molar-refractivity contribution is 6.04. The third-order valence-corrected chi connectivity index (χ3v) is 11.1. The van der Waals surface area contributed by atoms with E-state index >= 15 is 4.39 Å². The number of likely N-dealkylation sites (tertiary alicyclic amines) is 1. The molecule has 2 aromatic carbocycles. The Morgan fingerprint density at radius 1 is 0.968 bits per heavy atom. The van der Waals surface area contributed by atoms with Crippen molar-refractivity contribution in [2.24, 2.45) is 23.3 Å². The minimum atomic E-state index is -5.16. The molecule has 2 aromatic heterocycles. The van der Waals surface area contributed by atoms with Gasteiger partial charge in [0.15, 0.2) is 0 Å². The van der Waals surface area contributed by atoms with Gasteiger partial charge >= 0.3 is 12.5 Å². The zero-order chi connectivity index (χ0) is 45.9. The number of halogens is 4. The number of anilines is 2. The number of ether oxygens (including phenoxy) is 2. The number of carbonyl (C=O) groups excluding carboxylic acids is 4. The summed E-state index contributed by atoms with van der Waals surface area (Å²) in [6, 6.07) is 9.13. The molecular weight excluding hydrogens is 829 g/mol. The first-order valence-electron chi connectivity index (χ1n) is 20.2. The number of nitrogens with two attached hydrogens (primary N) is 2.